The highest BCUT2D eigenvalue weighted by atomic mass is 32.2. The zero-order valence-electron chi connectivity index (χ0n) is 23.5. The molecule has 2 unspecified atom stereocenters. The van der Waals surface area contributed by atoms with E-state index < -0.39 is 34.0 Å². The molecule has 0 heterocycles. The second-order valence-electron chi connectivity index (χ2n) is 13.5. The monoisotopic (exact) mass is 572 g/mol. The molecule has 0 spiro atoms. The van der Waals surface area contributed by atoms with Gasteiger partial charge in [-0.1, -0.05) is 20.8 Å². The molecule has 0 aliphatic heterocycles. The third-order valence-corrected chi connectivity index (χ3v) is 12.2. The molecule has 11 atom stereocenters. The Kier molecular flexibility index (Phi) is 9.08. The summed E-state index contributed by atoms with van der Waals surface area (Å²) in [5.74, 6) is -0.0801. The van der Waals surface area contributed by atoms with Crippen LogP contribution in [0, 0.1) is 46.3 Å². The Morgan fingerprint density at radius 2 is 1.69 bits per heavy atom. The van der Waals surface area contributed by atoms with Crippen molar-refractivity contribution in [3.05, 3.63) is 0 Å². The Hall–Kier alpha value is -1.27. The van der Waals surface area contributed by atoms with E-state index in [0.717, 1.165) is 38.5 Å². The summed E-state index contributed by atoms with van der Waals surface area (Å²) < 4.78 is 30.2. The van der Waals surface area contributed by atoms with E-state index in [1.807, 2.05) is 0 Å². The number of nitrogens with one attached hydrogen (secondary N) is 2. The normalized spacial score (nSPS) is 42.5. The van der Waals surface area contributed by atoms with Crippen molar-refractivity contribution >= 4 is 21.9 Å². The molecular weight excluding hydrogens is 524 g/mol. The number of carbonyl (C=O) groups excluding carboxylic acids is 2. The summed E-state index contributed by atoms with van der Waals surface area (Å²) in [4.78, 5) is 24.2. The average molecular weight is 573 g/mol. The molecule has 0 aromatic carbocycles. The van der Waals surface area contributed by atoms with Crippen molar-refractivity contribution in [2.75, 3.05) is 18.8 Å². The number of aliphatic hydroxyl groups is 3. The standard InChI is InChI=1S/C28H48N2O8S/c1-16(4-7-24(34)30-15-25(35)29-10-11-39(36,37)38)19-5-6-20-26-21(14-23(33)28(19,20)3)27(2)9-8-18(31)12-17(27)13-22(26)32/h16-23,26,31-33H,4-15H2,1-3H3,(H,29,35)(H,30,34)(H,36,37,38)/t16-,17?,18-,19?,20+,21+,22-,23+,26+,27+,28+/m1/s1. The predicted octanol–water partition coefficient (Wildman–Crippen LogP) is 1.48. The molecule has 0 bridgehead atoms. The molecular formula is C28H48N2O8S. The number of amides is 2. The smallest absolute Gasteiger partial charge is 0.266 e. The van der Waals surface area contributed by atoms with Gasteiger partial charge in [0.15, 0.2) is 0 Å². The Balaban J connectivity index is 1.33. The largest absolute Gasteiger partial charge is 0.393 e. The van der Waals surface area contributed by atoms with Crippen molar-refractivity contribution in [2.24, 2.45) is 46.3 Å². The Bertz CT molecular complexity index is 1020. The fourth-order valence-electron chi connectivity index (χ4n) is 9.34. The van der Waals surface area contributed by atoms with E-state index in [-0.39, 0.29) is 77.9 Å². The average Bonchev–Trinajstić information content (AvgIpc) is 3.20. The van der Waals surface area contributed by atoms with Gasteiger partial charge in [0, 0.05) is 13.0 Å². The number of carbonyl (C=O) groups is 2. The first kappa shape index (κ1) is 30.7. The molecule has 224 valence electrons. The lowest BCUT2D eigenvalue weighted by molar-refractivity contribution is -0.207. The lowest BCUT2D eigenvalue weighted by atomic mass is 9.43. The van der Waals surface area contributed by atoms with Crippen molar-refractivity contribution in [1.29, 1.82) is 0 Å². The Morgan fingerprint density at radius 1 is 0.974 bits per heavy atom. The van der Waals surface area contributed by atoms with Crippen LogP contribution in [0.4, 0.5) is 0 Å². The second kappa shape index (κ2) is 11.5. The van der Waals surface area contributed by atoms with Gasteiger partial charge in [0.05, 0.1) is 30.6 Å². The van der Waals surface area contributed by atoms with Crippen LogP contribution in [0.2, 0.25) is 0 Å². The third kappa shape index (κ3) is 6.17. The maximum absolute atomic E-state index is 12.4. The van der Waals surface area contributed by atoms with Gasteiger partial charge in [-0.25, -0.2) is 0 Å². The summed E-state index contributed by atoms with van der Waals surface area (Å²) in [6.45, 7) is 6.15. The molecule has 39 heavy (non-hydrogen) atoms. The van der Waals surface area contributed by atoms with Gasteiger partial charge in [0.2, 0.25) is 11.8 Å². The molecule has 4 aliphatic rings. The van der Waals surface area contributed by atoms with E-state index in [0.29, 0.717) is 12.8 Å². The summed E-state index contributed by atoms with van der Waals surface area (Å²) in [5.41, 5.74) is -0.297. The molecule has 0 saturated heterocycles. The van der Waals surface area contributed by atoms with E-state index in [1.54, 1.807) is 0 Å². The molecule has 4 saturated carbocycles. The van der Waals surface area contributed by atoms with Gasteiger partial charge in [-0.2, -0.15) is 8.42 Å². The summed E-state index contributed by atoms with van der Waals surface area (Å²) >= 11 is 0. The number of fused-ring (bicyclic) bond motifs is 5. The maximum atomic E-state index is 12.4. The van der Waals surface area contributed by atoms with Crippen LogP contribution in [-0.4, -0.2) is 77.3 Å². The van der Waals surface area contributed by atoms with Crippen LogP contribution in [0.25, 0.3) is 0 Å². The lowest BCUT2D eigenvalue weighted by Crippen LogP contribution is -2.62. The minimum atomic E-state index is -4.16. The molecule has 4 aliphatic carbocycles. The van der Waals surface area contributed by atoms with E-state index in [9.17, 15) is 33.3 Å². The molecule has 11 heteroatoms. The number of rotatable bonds is 9. The molecule has 0 radical (unpaired) electrons. The molecule has 2 amide bonds. The first-order chi connectivity index (χ1) is 18.2. The summed E-state index contributed by atoms with van der Waals surface area (Å²) in [6.07, 6.45) is 5.44. The minimum Gasteiger partial charge on any atom is -0.393 e. The van der Waals surface area contributed by atoms with Crippen LogP contribution in [0.3, 0.4) is 0 Å². The molecule has 4 fully saturated rings. The van der Waals surface area contributed by atoms with Gasteiger partial charge in [-0.05, 0) is 97.7 Å². The van der Waals surface area contributed by atoms with Crippen molar-refractivity contribution in [2.45, 2.75) is 96.9 Å². The highest BCUT2D eigenvalue weighted by Crippen LogP contribution is 2.68. The lowest BCUT2D eigenvalue weighted by Gasteiger charge is -2.63. The SMILES string of the molecule is C[C@H](CCC(=O)NCC(=O)NCCS(=O)(=O)O)C1CC[C@H]2[C@@H]3[C@H](O)CC4C[C@H](O)CC[C@]4(C)[C@H]3C[C@H](O)[C@@]12C. The van der Waals surface area contributed by atoms with Gasteiger partial charge in [-0.3, -0.25) is 14.1 Å². The van der Waals surface area contributed by atoms with E-state index in [2.05, 4.69) is 31.4 Å². The topological polar surface area (TPSA) is 173 Å². The summed E-state index contributed by atoms with van der Waals surface area (Å²) in [5, 5.41) is 38.3. The minimum absolute atomic E-state index is 0.0336. The highest BCUT2D eigenvalue weighted by molar-refractivity contribution is 7.85. The van der Waals surface area contributed by atoms with Gasteiger partial charge in [-0.15, -0.1) is 0 Å². The zero-order valence-corrected chi connectivity index (χ0v) is 24.3. The van der Waals surface area contributed by atoms with Crippen LogP contribution in [0.1, 0.15) is 78.6 Å². The van der Waals surface area contributed by atoms with Crippen LogP contribution in [0.15, 0.2) is 0 Å². The number of hydrogen-bond donors (Lipinski definition) is 6. The zero-order chi connectivity index (χ0) is 28.8. The Labute approximate surface area is 232 Å². The second-order valence-corrected chi connectivity index (χ2v) is 15.0. The fourth-order valence-corrected chi connectivity index (χ4v) is 9.70. The molecule has 4 rings (SSSR count). The van der Waals surface area contributed by atoms with E-state index >= 15 is 0 Å². The van der Waals surface area contributed by atoms with Crippen molar-refractivity contribution < 1.29 is 37.9 Å². The Morgan fingerprint density at radius 3 is 2.38 bits per heavy atom. The van der Waals surface area contributed by atoms with Crippen molar-refractivity contribution in [1.82, 2.24) is 10.6 Å². The van der Waals surface area contributed by atoms with Crippen molar-refractivity contribution in [3.8, 4) is 0 Å². The number of hydrogen-bond acceptors (Lipinski definition) is 7. The summed E-state index contributed by atoms with van der Waals surface area (Å²) in [6, 6.07) is 0. The highest BCUT2D eigenvalue weighted by Gasteiger charge is 2.65. The quantitative estimate of drug-likeness (QED) is 0.225. The van der Waals surface area contributed by atoms with Gasteiger partial charge in [0.1, 0.15) is 0 Å². The maximum Gasteiger partial charge on any atom is 0.266 e. The first-order valence-corrected chi connectivity index (χ1v) is 16.3. The molecule has 0 aromatic heterocycles. The van der Waals surface area contributed by atoms with Crippen molar-refractivity contribution in [3.63, 3.8) is 0 Å². The first-order valence-electron chi connectivity index (χ1n) is 14.7. The van der Waals surface area contributed by atoms with Gasteiger partial charge >= 0.3 is 0 Å². The van der Waals surface area contributed by atoms with Crippen LogP contribution in [0.5, 0.6) is 0 Å². The van der Waals surface area contributed by atoms with Gasteiger partial charge in [0.25, 0.3) is 10.1 Å². The van der Waals surface area contributed by atoms with E-state index in [4.69, 9.17) is 4.55 Å². The predicted molar refractivity (Wildman–Crippen MR) is 145 cm³/mol. The van der Waals surface area contributed by atoms with Crippen LogP contribution in [-0.2, 0) is 19.7 Å². The van der Waals surface area contributed by atoms with Gasteiger partial charge < -0.3 is 26.0 Å². The third-order valence-electron chi connectivity index (χ3n) is 11.5. The van der Waals surface area contributed by atoms with Crippen LogP contribution < -0.4 is 10.6 Å². The summed E-state index contributed by atoms with van der Waals surface area (Å²) in [7, 11) is -4.16. The van der Waals surface area contributed by atoms with Crippen LogP contribution >= 0.6 is 0 Å². The number of aliphatic hydroxyl groups excluding tert-OH is 3. The molecule has 0 aromatic rings. The molecule has 10 nitrogen and oxygen atoms in total. The van der Waals surface area contributed by atoms with E-state index in [1.165, 1.54) is 0 Å². The molecule has 6 N–H and O–H groups in total. The fraction of sp³-hybridized carbons (Fsp3) is 0.929.